The van der Waals surface area contributed by atoms with Crippen molar-refractivity contribution < 1.29 is 18.9 Å². The molecule has 0 spiro atoms. The Labute approximate surface area is 188 Å². The normalized spacial score (nSPS) is 11.0. The van der Waals surface area contributed by atoms with Gasteiger partial charge in [-0.1, -0.05) is 6.07 Å². The van der Waals surface area contributed by atoms with Gasteiger partial charge < -0.3 is 30.0 Å². The minimum absolute atomic E-state index is 0.338. The number of pyridine rings is 1. The van der Waals surface area contributed by atoms with Crippen molar-refractivity contribution >= 4 is 5.96 Å². The Balaban J connectivity index is 1.55. The molecule has 0 atom stereocenters. The van der Waals surface area contributed by atoms with Crippen LogP contribution in [0.5, 0.6) is 28.9 Å². The van der Waals surface area contributed by atoms with Crippen LogP contribution in [0.2, 0.25) is 0 Å². The van der Waals surface area contributed by atoms with Crippen LogP contribution >= 0.6 is 0 Å². The number of nitrogens with two attached hydrogens (primary N) is 1. The summed E-state index contributed by atoms with van der Waals surface area (Å²) in [6.45, 7) is 3.48. The summed E-state index contributed by atoms with van der Waals surface area (Å²) >= 11 is 0. The molecule has 0 saturated carbocycles. The SMILES string of the molecule is CCOc1ccc(Oc2cc(CNC(N)=NCc3ccc(OC)c(OC)c3)ccn2)cc1. The summed E-state index contributed by atoms with van der Waals surface area (Å²) in [5, 5.41) is 3.10. The van der Waals surface area contributed by atoms with Crippen LogP contribution in [-0.4, -0.2) is 31.8 Å². The summed E-state index contributed by atoms with van der Waals surface area (Å²) in [6, 6.07) is 16.8. The van der Waals surface area contributed by atoms with Gasteiger partial charge >= 0.3 is 0 Å². The number of aliphatic imine (C=N–C) groups is 1. The molecule has 3 rings (SSSR count). The van der Waals surface area contributed by atoms with E-state index in [0.717, 1.165) is 16.9 Å². The Kier molecular flexibility index (Phi) is 8.14. The molecule has 8 heteroatoms. The molecule has 1 aromatic heterocycles. The maximum absolute atomic E-state index is 6.02. The fraction of sp³-hybridized carbons (Fsp3) is 0.250. The van der Waals surface area contributed by atoms with Crippen molar-refractivity contribution in [3.8, 4) is 28.9 Å². The van der Waals surface area contributed by atoms with Crippen molar-refractivity contribution in [2.75, 3.05) is 20.8 Å². The van der Waals surface area contributed by atoms with Gasteiger partial charge in [-0.3, -0.25) is 0 Å². The van der Waals surface area contributed by atoms with Crippen molar-refractivity contribution in [3.63, 3.8) is 0 Å². The summed E-state index contributed by atoms with van der Waals surface area (Å²) in [7, 11) is 3.20. The van der Waals surface area contributed by atoms with Crippen LogP contribution in [-0.2, 0) is 13.1 Å². The summed E-state index contributed by atoms with van der Waals surface area (Å²) in [5.41, 5.74) is 7.94. The Morgan fingerprint density at radius 2 is 1.69 bits per heavy atom. The minimum Gasteiger partial charge on any atom is -0.494 e. The molecule has 0 unspecified atom stereocenters. The minimum atomic E-state index is 0.338. The third-order valence-electron chi connectivity index (χ3n) is 4.51. The van der Waals surface area contributed by atoms with Gasteiger partial charge in [0, 0.05) is 18.8 Å². The van der Waals surface area contributed by atoms with E-state index >= 15 is 0 Å². The van der Waals surface area contributed by atoms with E-state index in [9.17, 15) is 0 Å². The number of nitrogens with one attached hydrogen (secondary N) is 1. The lowest BCUT2D eigenvalue weighted by Crippen LogP contribution is -2.31. The highest BCUT2D eigenvalue weighted by atomic mass is 16.5. The maximum atomic E-state index is 6.02. The van der Waals surface area contributed by atoms with Crippen LogP contribution in [0.4, 0.5) is 0 Å². The number of aromatic nitrogens is 1. The topological polar surface area (TPSA) is 100 Å². The molecule has 0 fully saturated rings. The van der Waals surface area contributed by atoms with Gasteiger partial charge in [0.05, 0.1) is 27.4 Å². The molecular weight excluding hydrogens is 408 g/mol. The Morgan fingerprint density at radius 3 is 2.41 bits per heavy atom. The van der Waals surface area contributed by atoms with Crippen LogP contribution in [0, 0.1) is 0 Å². The lowest BCUT2D eigenvalue weighted by molar-refractivity contribution is 0.339. The molecule has 0 bridgehead atoms. The average molecular weight is 437 g/mol. The predicted molar refractivity (Wildman–Crippen MR) is 124 cm³/mol. The molecule has 3 N–H and O–H groups in total. The molecule has 0 aliphatic heterocycles. The van der Waals surface area contributed by atoms with Crippen molar-refractivity contribution in [1.82, 2.24) is 10.3 Å². The zero-order valence-electron chi connectivity index (χ0n) is 18.5. The highest BCUT2D eigenvalue weighted by Crippen LogP contribution is 2.27. The fourth-order valence-corrected chi connectivity index (χ4v) is 2.91. The second-order valence-electron chi connectivity index (χ2n) is 6.75. The Hall–Kier alpha value is -3.94. The predicted octanol–water partition coefficient (Wildman–Crippen LogP) is 3.89. The van der Waals surface area contributed by atoms with E-state index in [1.54, 1.807) is 20.4 Å². The smallest absolute Gasteiger partial charge is 0.219 e. The van der Waals surface area contributed by atoms with Crippen molar-refractivity contribution in [2.45, 2.75) is 20.0 Å². The van der Waals surface area contributed by atoms with Crippen LogP contribution in [0.1, 0.15) is 18.1 Å². The molecule has 0 aliphatic carbocycles. The Morgan fingerprint density at radius 1 is 0.938 bits per heavy atom. The van der Waals surface area contributed by atoms with E-state index in [2.05, 4.69) is 15.3 Å². The number of ether oxygens (including phenoxy) is 4. The van der Waals surface area contributed by atoms with Gasteiger partial charge in [0.1, 0.15) is 11.5 Å². The third kappa shape index (κ3) is 6.53. The number of hydrogen-bond donors (Lipinski definition) is 2. The number of guanidine groups is 1. The number of rotatable bonds is 10. The molecule has 0 aliphatic rings. The molecule has 168 valence electrons. The van der Waals surface area contributed by atoms with Crippen LogP contribution < -0.4 is 30.0 Å². The summed E-state index contributed by atoms with van der Waals surface area (Å²) in [6.07, 6.45) is 1.69. The summed E-state index contributed by atoms with van der Waals surface area (Å²) in [5.74, 6) is 3.64. The quantitative estimate of drug-likeness (QED) is 0.367. The van der Waals surface area contributed by atoms with Crippen molar-refractivity contribution in [2.24, 2.45) is 10.7 Å². The van der Waals surface area contributed by atoms with E-state index in [4.69, 9.17) is 24.7 Å². The van der Waals surface area contributed by atoms with Gasteiger partial charge in [-0.15, -0.1) is 0 Å². The number of benzene rings is 2. The standard InChI is InChI=1S/C24H28N4O4/c1-4-31-19-6-8-20(9-7-19)32-23-14-18(11-12-26-23)16-28-24(25)27-15-17-5-10-21(29-2)22(13-17)30-3/h5-14H,4,15-16H2,1-3H3,(H3,25,27,28). The van der Waals surface area contributed by atoms with Gasteiger partial charge in [-0.25, -0.2) is 9.98 Å². The molecule has 0 saturated heterocycles. The van der Waals surface area contributed by atoms with E-state index in [0.29, 0.717) is 48.8 Å². The average Bonchev–Trinajstić information content (AvgIpc) is 2.83. The maximum Gasteiger partial charge on any atom is 0.219 e. The lowest BCUT2D eigenvalue weighted by atomic mass is 10.2. The number of nitrogens with zero attached hydrogens (tertiary/aromatic N) is 2. The van der Waals surface area contributed by atoms with Gasteiger partial charge in [0.15, 0.2) is 17.5 Å². The van der Waals surface area contributed by atoms with Crippen LogP contribution in [0.3, 0.4) is 0 Å². The first kappa shape index (κ1) is 22.7. The Bertz CT molecular complexity index is 1040. The molecule has 0 amide bonds. The van der Waals surface area contributed by atoms with Gasteiger partial charge in [-0.2, -0.15) is 0 Å². The van der Waals surface area contributed by atoms with Gasteiger partial charge in [-0.05, 0) is 60.5 Å². The number of hydrogen-bond acceptors (Lipinski definition) is 6. The molecule has 2 aromatic carbocycles. The first-order valence-corrected chi connectivity index (χ1v) is 10.2. The van der Waals surface area contributed by atoms with Crippen LogP contribution in [0.15, 0.2) is 65.8 Å². The molecule has 1 heterocycles. The third-order valence-corrected chi connectivity index (χ3v) is 4.51. The molecule has 32 heavy (non-hydrogen) atoms. The first-order chi connectivity index (χ1) is 15.6. The van der Waals surface area contributed by atoms with Crippen molar-refractivity contribution in [1.29, 1.82) is 0 Å². The van der Waals surface area contributed by atoms with E-state index in [1.807, 2.05) is 61.5 Å². The lowest BCUT2D eigenvalue weighted by Gasteiger charge is -2.10. The molecule has 0 radical (unpaired) electrons. The second-order valence-corrected chi connectivity index (χ2v) is 6.75. The zero-order chi connectivity index (χ0) is 22.8. The van der Waals surface area contributed by atoms with Gasteiger partial charge in [0.25, 0.3) is 0 Å². The summed E-state index contributed by atoms with van der Waals surface area (Å²) < 4.78 is 21.8. The second kappa shape index (κ2) is 11.5. The fourth-order valence-electron chi connectivity index (χ4n) is 2.91. The molecule has 3 aromatic rings. The highest BCUT2D eigenvalue weighted by Gasteiger charge is 2.05. The van der Waals surface area contributed by atoms with E-state index in [-0.39, 0.29) is 0 Å². The molecular formula is C24H28N4O4. The molecule has 8 nitrogen and oxygen atoms in total. The largest absolute Gasteiger partial charge is 0.494 e. The monoisotopic (exact) mass is 436 g/mol. The van der Waals surface area contributed by atoms with E-state index < -0.39 is 0 Å². The number of methoxy groups -OCH3 is 2. The highest BCUT2D eigenvalue weighted by molar-refractivity contribution is 5.77. The van der Waals surface area contributed by atoms with Crippen LogP contribution in [0.25, 0.3) is 0 Å². The first-order valence-electron chi connectivity index (χ1n) is 10.2. The zero-order valence-corrected chi connectivity index (χ0v) is 18.5. The van der Waals surface area contributed by atoms with Crippen molar-refractivity contribution in [3.05, 3.63) is 71.9 Å². The van der Waals surface area contributed by atoms with Gasteiger partial charge in [0.2, 0.25) is 5.88 Å². The summed E-state index contributed by atoms with van der Waals surface area (Å²) in [4.78, 5) is 8.64. The van der Waals surface area contributed by atoms with E-state index in [1.165, 1.54) is 0 Å².